The van der Waals surface area contributed by atoms with Crippen LogP contribution in [0.15, 0.2) is 35.5 Å². The molecule has 3 rings (SSSR count). The molecular weight excluding hydrogens is 352 g/mol. The van der Waals surface area contributed by atoms with Crippen LogP contribution in [0.3, 0.4) is 0 Å². The lowest BCUT2D eigenvalue weighted by molar-refractivity contribution is -0.157. The van der Waals surface area contributed by atoms with Gasteiger partial charge in [-0.2, -0.15) is 0 Å². The summed E-state index contributed by atoms with van der Waals surface area (Å²) in [5.74, 6) is -1.63. The third kappa shape index (κ3) is 3.85. The Morgan fingerprint density at radius 2 is 2.07 bits per heavy atom. The molecule has 0 aromatic heterocycles. The van der Waals surface area contributed by atoms with Crippen molar-refractivity contribution in [3.8, 4) is 0 Å². The molecule has 0 aromatic rings. The minimum Gasteiger partial charge on any atom is -0.459 e. The van der Waals surface area contributed by atoms with Crippen molar-refractivity contribution < 1.29 is 34.0 Å². The van der Waals surface area contributed by atoms with Crippen LogP contribution >= 0.6 is 0 Å². The van der Waals surface area contributed by atoms with Crippen LogP contribution in [0, 0.1) is 5.92 Å². The van der Waals surface area contributed by atoms with E-state index in [-0.39, 0.29) is 24.7 Å². The lowest BCUT2D eigenvalue weighted by atomic mass is 9.85. The number of ether oxygens (including phenoxy) is 3. The van der Waals surface area contributed by atoms with Crippen LogP contribution in [0.1, 0.15) is 33.6 Å². The van der Waals surface area contributed by atoms with Gasteiger partial charge in [0.25, 0.3) is 0 Å². The Balaban J connectivity index is 1.95. The van der Waals surface area contributed by atoms with Gasteiger partial charge in [0.15, 0.2) is 5.60 Å². The van der Waals surface area contributed by atoms with Gasteiger partial charge < -0.3 is 24.4 Å². The van der Waals surface area contributed by atoms with Gasteiger partial charge in [0.2, 0.25) is 0 Å². The van der Waals surface area contributed by atoms with E-state index >= 15 is 0 Å². The molecule has 0 aromatic carbocycles. The summed E-state index contributed by atoms with van der Waals surface area (Å²) < 4.78 is 16.5. The Kier molecular flexibility index (Phi) is 5.29. The lowest BCUT2D eigenvalue weighted by Gasteiger charge is -2.28. The number of aliphatic hydroxyl groups excluding tert-OH is 2. The standard InChI is InChI=1S/C20H26O7/c1-10-5-14(22)7-13(9-21)8-16(26-19(24)20(4)12(3)27-20)17-11(2)18(23)25-15(17)6-10/h6-7,12,14-17,21-22H,2,5,8-9H2,1,3-4H3/b10-6+,13-7-/t12-,14-,15-,16-,17+,20-/m1/s1. The first-order valence-corrected chi connectivity index (χ1v) is 9.10. The second-order valence-corrected chi connectivity index (χ2v) is 7.70. The van der Waals surface area contributed by atoms with E-state index < -0.39 is 41.8 Å². The van der Waals surface area contributed by atoms with Crippen molar-refractivity contribution in [1.29, 1.82) is 0 Å². The van der Waals surface area contributed by atoms with E-state index in [9.17, 15) is 19.8 Å². The first-order valence-electron chi connectivity index (χ1n) is 9.10. The summed E-state index contributed by atoms with van der Waals surface area (Å²) in [5, 5.41) is 19.9. The number of hydrogen-bond acceptors (Lipinski definition) is 7. The second-order valence-electron chi connectivity index (χ2n) is 7.70. The Morgan fingerprint density at radius 1 is 1.41 bits per heavy atom. The number of carbonyl (C=O) groups excluding carboxylic acids is 2. The molecule has 0 amide bonds. The normalized spacial score (nSPS) is 42.9. The first kappa shape index (κ1) is 19.8. The maximum Gasteiger partial charge on any atom is 0.341 e. The van der Waals surface area contributed by atoms with Crippen LogP contribution in [0.25, 0.3) is 0 Å². The van der Waals surface area contributed by atoms with Crippen molar-refractivity contribution in [2.75, 3.05) is 6.61 Å². The molecule has 2 aliphatic heterocycles. The van der Waals surface area contributed by atoms with Crippen molar-refractivity contribution in [3.05, 3.63) is 35.5 Å². The van der Waals surface area contributed by atoms with Crippen LogP contribution in [0.5, 0.6) is 0 Å². The Morgan fingerprint density at radius 3 is 2.67 bits per heavy atom. The largest absolute Gasteiger partial charge is 0.459 e. The zero-order valence-electron chi connectivity index (χ0n) is 15.8. The van der Waals surface area contributed by atoms with Crippen LogP contribution in [0.2, 0.25) is 0 Å². The summed E-state index contributed by atoms with van der Waals surface area (Å²) in [6.45, 7) is 8.79. The molecule has 0 saturated carbocycles. The van der Waals surface area contributed by atoms with E-state index in [4.69, 9.17) is 14.2 Å². The molecule has 148 valence electrons. The molecule has 2 heterocycles. The minimum absolute atomic E-state index is 0.160. The van der Waals surface area contributed by atoms with E-state index in [1.807, 2.05) is 6.92 Å². The number of epoxide rings is 1. The third-order valence-corrected chi connectivity index (χ3v) is 5.54. The van der Waals surface area contributed by atoms with Crippen LogP contribution < -0.4 is 0 Å². The highest BCUT2D eigenvalue weighted by atomic mass is 16.7. The maximum atomic E-state index is 12.6. The lowest BCUT2D eigenvalue weighted by Crippen LogP contribution is -2.38. The molecule has 3 aliphatic rings. The van der Waals surface area contributed by atoms with Gasteiger partial charge in [-0.15, -0.1) is 0 Å². The highest BCUT2D eigenvalue weighted by molar-refractivity contribution is 5.91. The topological polar surface area (TPSA) is 106 Å². The molecule has 7 heteroatoms. The summed E-state index contributed by atoms with van der Waals surface area (Å²) >= 11 is 0. The van der Waals surface area contributed by atoms with Gasteiger partial charge >= 0.3 is 11.9 Å². The Hall–Kier alpha value is -1.96. The smallest absolute Gasteiger partial charge is 0.341 e. The minimum atomic E-state index is -1.01. The molecule has 0 radical (unpaired) electrons. The average Bonchev–Trinajstić information content (AvgIpc) is 3.11. The van der Waals surface area contributed by atoms with Crippen LogP contribution in [-0.4, -0.2) is 58.8 Å². The summed E-state index contributed by atoms with van der Waals surface area (Å²) in [6.07, 6.45) is 1.39. The van der Waals surface area contributed by atoms with E-state index in [1.54, 1.807) is 26.0 Å². The molecule has 27 heavy (non-hydrogen) atoms. The number of fused-ring (bicyclic) bond motifs is 1. The summed E-state index contributed by atoms with van der Waals surface area (Å²) in [6, 6.07) is 0. The first-order chi connectivity index (χ1) is 12.7. The Bertz CT molecular complexity index is 722. The quantitative estimate of drug-likeness (QED) is 0.329. The molecular formula is C20H26O7. The van der Waals surface area contributed by atoms with Crippen LogP contribution in [-0.2, 0) is 23.8 Å². The molecule has 0 unspecified atom stereocenters. The van der Waals surface area contributed by atoms with E-state index in [0.29, 0.717) is 12.0 Å². The van der Waals surface area contributed by atoms with E-state index in [2.05, 4.69) is 6.58 Å². The molecule has 0 spiro atoms. The SMILES string of the molecule is C=C1C(=O)O[C@@H]2/C=C(\C)C[C@@H](O)/C=C(\CO)C[C@@H](OC(=O)[C@]3(C)O[C@@H]3C)[C@@H]12. The number of esters is 2. The highest BCUT2D eigenvalue weighted by Crippen LogP contribution is 2.40. The zero-order valence-corrected chi connectivity index (χ0v) is 15.8. The van der Waals surface area contributed by atoms with Crippen molar-refractivity contribution >= 4 is 11.9 Å². The van der Waals surface area contributed by atoms with E-state index in [1.165, 1.54) is 0 Å². The van der Waals surface area contributed by atoms with Crippen LogP contribution in [0.4, 0.5) is 0 Å². The maximum absolute atomic E-state index is 12.6. The molecule has 0 bridgehead atoms. The molecule has 2 fully saturated rings. The second kappa shape index (κ2) is 7.22. The Labute approximate surface area is 158 Å². The van der Waals surface area contributed by atoms with Gasteiger partial charge in [0.1, 0.15) is 12.2 Å². The van der Waals surface area contributed by atoms with Gasteiger partial charge in [-0.3, -0.25) is 0 Å². The molecule has 2 N–H and O–H groups in total. The van der Waals surface area contributed by atoms with Crippen molar-refractivity contribution in [2.45, 2.75) is 63.6 Å². The fraction of sp³-hybridized carbons (Fsp3) is 0.600. The predicted octanol–water partition coefficient (Wildman–Crippen LogP) is 1.19. The summed E-state index contributed by atoms with van der Waals surface area (Å²) in [7, 11) is 0. The highest BCUT2D eigenvalue weighted by Gasteiger charge is 2.58. The summed E-state index contributed by atoms with van der Waals surface area (Å²) in [4.78, 5) is 24.7. The van der Waals surface area contributed by atoms with Gasteiger partial charge in [-0.1, -0.05) is 18.2 Å². The number of hydrogen-bond donors (Lipinski definition) is 2. The van der Waals surface area contributed by atoms with Gasteiger partial charge in [0.05, 0.1) is 24.7 Å². The molecule has 1 aliphatic carbocycles. The number of rotatable bonds is 3. The monoisotopic (exact) mass is 378 g/mol. The average molecular weight is 378 g/mol. The third-order valence-electron chi connectivity index (χ3n) is 5.54. The molecule has 7 nitrogen and oxygen atoms in total. The van der Waals surface area contributed by atoms with Gasteiger partial charge in [-0.05, 0) is 38.8 Å². The fourth-order valence-corrected chi connectivity index (χ4v) is 3.68. The van der Waals surface area contributed by atoms with Crippen molar-refractivity contribution in [1.82, 2.24) is 0 Å². The van der Waals surface area contributed by atoms with E-state index in [0.717, 1.165) is 5.57 Å². The molecule has 6 atom stereocenters. The fourth-order valence-electron chi connectivity index (χ4n) is 3.68. The molecule has 2 saturated heterocycles. The van der Waals surface area contributed by atoms with Crippen molar-refractivity contribution in [3.63, 3.8) is 0 Å². The number of aliphatic hydroxyl groups is 2. The zero-order chi connectivity index (χ0) is 19.9. The van der Waals surface area contributed by atoms with Gasteiger partial charge in [0, 0.05) is 12.0 Å². The van der Waals surface area contributed by atoms with Crippen molar-refractivity contribution in [2.24, 2.45) is 5.92 Å². The predicted molar refractivity (Wildman–Crippen MR) is 95.5 cm³/mol. The summed E-state index contributed by atoms with van der Waals surface area (Å²) in [5.41, 5.74) is 0.571. The van der Waals surface area contributed by atoms with Gasteiger partial charge in [-0.25, -0.2) is 9.59 Å². The number of carbonyl (C=O) groups is 2.